The largest absolute Gasteiger partial charge is 0.338 e. The Morgan fingerprint density at radius 3 is 2.65 bits per heavy atom. The van der Waals surface area contributed by atoms with Crippen LogP contribution in [0.3, 0.4) is 0 Å². The van der Waals surface area contributed by atoms with Crippen LogP contribution < -0.4 is 5.73 Å². The molecule has 2 unspecified atom stereocenters. The third-order valence-corrected chi connectivity index (χ3v) is 4.03. The van der Waals surface area contributed by atoms with Crippen molar-refractivity contribution in [1.29, 1.82) is 0 Å². The molecule has 0 bridgehead atoms. The maximum Gasteiger partial charge on any atom is 0.222 e. The zero-order valence-electron chi connectivity index (χ0n) is 10.7. The molecule has 2 fully saturated rings. The van der Waals surface area contributed by atoms with Crippen LogP contribution in [-0.4, -0.2) is 29.9 Å². The van der Waals surface area contributed by atoms with E-state index in [4.69, 9.17) is 5.73 Å². The molecule has 0 radical (unpaired) electrons. The number of piperidine rings is 1. The third kappa shape index (κ3) is 4.14. The summed E-state index contributed by atoms with van der Waals surface area (Å²) in [5, 5.41) is 0. The van der Waals surface area contributed by atoms with Crippen molar-refractivity contribution in [1.82, 2.24) is 4.90 Å². The van der Waals surface area contributed by atoms with Gasteiger partial charge in [-0.3, -0.25) is 4.79 Å². The van der Waals surface area contributed by atoms with E-state index in [2.05, 4.69) is 6.92 Å². The molecule has 1 saturated heterocycles. The van der Waals surface area contributed by atoms with Crippen LogP contribution in [0.25, 0.3) is 0 Å². The van der Waals surface area contributed by atoms with E-state index in [9.17, 15) is 4.79 Å². The van der Waals surface area contributed by atoms with Gasteiger partial charge in [-0.25, -0.2) is 0 Å². The lowest BCUT2D eigenvalue weighted by atomic mass is 9.92. The predicted molar refractivity (Wildman–Crippen MR) is 72.2 cm³/mol. The van der Waals surface area contributed by atoms with E-state index in [-0.39, 0.29) is 12.4 Å². The topological polar surface area (TPSA) is 46.3 Å². The molecule has 0 spiro atoms. The summed E-state index contributed by atoms with van der Waals surface area (Å²) in [6.07, 6.45) is 6.75. The van der Waals surface area contributed by atoms with Crippen LogP contribution in [0.5, 0.6) is 0 Å². The summed E-state index contributed by atoms with van der Waals surface area (Å²) < 4.78 is 0. The SMILES string of the molecule is CC1CCN(C(=O)CCC2CC2)C(CN)C1.Cl. The number of hydrogen-bond donors (Lipinski definition) is 1. The van der Waals surface area contributed by atoms with Crippen molar-refractivity contribution in [2.24, 2.45) is 17.6 Å². The number of halogens is 1. The molecule has 1 heterocycles. The van der Waals surface area contributed by atoms with Crippen molar-refractivity contribution in [2.75, 3.05) is 13.1 Å². The number of nitrogens with zero attached hydrogens (tertiary/aromatic N) is 1. The van der Waals surface area contributed by atoms with Gasteiger partial charge in [0.05, 0.1) is 0 Å². The quantitative estimate of drug-likeness (QED) is 0.842. The van der Waals surface area contributed by atoms with Crippen molar-refractivity contribution in [3.8, 4) is 0 Å². The van der Waals surface area contributed by atoms with Crippen LogP contribution >= 0.6 is 12.4 Å². The van der Waals surface area contributed by atoms with Gasteiger partial charge in [0.2, 0.25) is 5.91 Å². The van der Waals surface area contributed by atoms with Gasteiger partial charge in [0.1, 0.15) is 0 Å². The fourth-order valence-corrected chi connectivity index (χ4v) is 2.68. The Kier molecular flexibility index (Phi) is 5.74. The van der Waals surface area contributed by atoms with Gasteiger partial charge in [-0.1, -0.05) is 19.8 Å². The molecule has 1 amide bonds. The zero-order valence-corrected chi connectivity index (χ0v) is 11.5. The second-order valence-corrected chi connectivity index (χ2v) is 5.59. The highest BCUT2D eigenvalue weighted by Crippen LogP contribution is 2.34. The molecule has 4 heteroatoms. The van der Waals surface area contributed by atoms with Crippen LogP contribution in [0.4, 0.5) is 0 Å². The van der Waals surface area contributed by atoms with Gasteiger partial charge < -0.3 is 10.6 Å². The zero-order chi connectivity index (χ0) is 11.5. The van der Waals surface area contributed by atoms with Crippen LogP contribution in [-0.2, 0) is 4.79 Å². The van der Waals surface area contributed by atoms with E-state index in [0.29, 0.717) is 18.5 Å². The maximum absolute atomic E-state index is 12.1. The average molecular weight is 261 g/mol. The number of nitrogens with two attached hydrogens (primary N) is 1. The second-order valence-electron chi connectivity index (χ2n) is 5.59. The van der Waals surface area contributed by atoms with Crippen LogP contribution in [0.1, 0.15) is 45.4 Å². The first-order valence-corrected chi connectivity index (χ1v) is 6.70. The molecule has 0 aromatic carbocycles. The van der Waals surface area contributed by atoms with E-state index >= 15 is 0 Å². The maximum atomic E-state index is 12.1. The minimum absolute atomic E-state index is 0. The number of amides is 1. The van der Waals surface area contributed by atoms with Gasteiger partial charge in [-0.05, 0) is 31.1 Å². The third-order valence-electron chi connectivity index (χ3n) is 4.03. The molecule has 2 atom stereocenters. The fraction of sp³-hybridized carbons (Fsp3) is 0.923. The highest BCUT2D eigenvalue weighted by Gasteiger charge is 2.30. The molecule has 17 heavy (non-hydrogen) atoms. The predicted octanol–water partition coefficient (Wildman–Crippen LogP) is 2.18. The molecular formula is C13H25ClN2O. The summed E-state index contributed by atoms with van der Waals surface area (Å²) in [4.78, 5) is 14.1. The number of rotatable bonds is 4. The lowest BCUT2D eigenvalue weighted by Gasteiger charge is -2.38. The van der Waals surface area contributed by atoms with Crippen LogP contribution in [0, 0.1) is 11.8 Å². The summed E-state index contributed by atoms with van der Waals surface area (Å²) in [6.45, 7) is 3.81. The van der Waals surface area contributed by atoms with Gasteiger partial charge >= 0.3 is 0 Å². The van der Waals surface area contributed by atoms with Gasteiger partial charge in [0.15, 0.2) is 0 Å². The normalized spacial score (nSPS) is 28.7. The minimum atomic E-state index is 0. The Labute approximate surface area is 111 Å². The Morgan fingerprint density at radius 1 is 1.35 bits per heavy atom. The summed E-state index contributed by atoms with van der Waals surface area (Å²) in [6, 6.07) is 0.301. The number of likely N-dealkylation sites (tertiary alicyclic amines) is 1. The van der Waals surface area contributed by atoms with E-state index in [1.54, 1.807) is 0 Å². The lowest BCUT2D eigenvalue weighted by molar-refractivity contribution is -0.135. The van der Waals surface area contributed by atoms with Crippen LogP contribution in [0.2, 0.25) is 0 Å². The van der Waals surface area contributed by atoms with Gasteiger partial charge in [-0.2, -0.15) is 0 Å². The molecule has 0 aromatic heterocycles. The Morgan fingerprint density at radius 2 is 2.06 bits per heavy atom. The van der Waals surface area contributed by atoms with E-state index < -0.39 is 0 Å². The smallest absolute Gasteiger partial charge is 0.222 e. The van der Waals surface area contributed by atoms with Crippen molar-refractivity contribution >= 4 is 18.3 Å². The Balaban J connectivity index is 0.00000144. The van der Waals surface area contributed by atoms with E-state index in [1.807, 2.05) is 4.90 Å². The monoisotopic (exact) mass is 260 g/mol. The van der Waals surface area contributed by atoms with Gasteiger partial charge in [-0.15, -0.1) is 12.4 Å². The Hall–Kier alpha value is -0.280. The molecule has 3 nitrogen and oxygen atoms in total. The molecule has 1 saturated carbocycles. The first-order chi connectivity index (χ1) is 7.70. The molecule has 2 rings (SSSR count). The summed E-state index contributed by atoms with van der Waals surface area (Å²) in [5.74, 6) is 1.92. The minimum Gasteiger partial charge on any atom is -0.338 e. The second kappa shape index (κ2) is 6.60. The molecule has 2 N–H and O–H groups in total. The molecule has 100 valence electrons. The van der Waals surface area contributed by atoms with Crippen molar-refractivity contribution in [3.63, 3.8) is 0 Å². The number of carbonyl (C=O) groups excluding carboxylic acids is 1. The van der Waals surface area contributed by atoms with Crippen molar-refractivity contribution in [3.05, 3.63) is 0 Å². The Bertz CT molecular complexity index is 256. The number of hydrogen-bond acceptors (Lipinski definition) is 2. The van der Waals surface area contributed by atoms with Crippen molar-refractivity contribution < 1.29 is 4.79 Å². The van der Waals surface area contributed by atoms with Crippen molar-refractivity contribution in [2.45, 2.75) is 51.5 Å². The van der Waals surface area contributed by atoms with Gasteiger partial charge in [0, 0.05) is 25.6 Å². The fourth-order valence-electron chi connectivity index (χ4n) is 2.68. The van der Waals surface area contributed by atoms with E-state index in [0.717, 1.165) is 44.1 Å². The molecule has 2 aliphatic rings. The number of carbonyl (C=O) groups is 1. The lowest BCUT2D eigenvalue weighted by Crippen LogP contribution is -2.49. The van der Waals surface area contributed by atoms with Gasteiger partial charge in [0.25, 0.3) is 0 Å². The molecule has 1 aliphatic heterocycles. The molecular weight excluding hydrogens is 236 g/mol. The summed E-state index contributed by atoms with van der Waals surface area (Å²) in [5.41, 5.74) is 5.77. The summed E-state index contributed by atoms with van der Waals surface area (Å²) >= 11 is 0. The average Bonchev–Trinajstić information content (AvgIpc) is 3.09. The standard InChI is InChI=1S/C13H24N2O.ClH/c1-10-6-7-15(12(8-10)9-14)13(16)5-4-11-2-3-11;/h10-12H,2-9,14H2,1H3;1H. The highest BCUT2D eigenvalue weighted by molar-refractivity contribution is 5.85. The van der Waals surface area contributed by atoms with Crippen LogP contribution in [0.15, 0.2) is 0 Å². The summed E-state index contributed by atoms with van der Waals surface area (Å²) in [7, 11) is 0. The first kappa shape index (κ1) is 14.8. The highest BCUT2D eigenvalue weighted by atomic mass is 35.5. The van der Waals surface area contributed by atoms with E-state index in [1.165, 1.54) is 12.8 Å². The molecule has 1 aliphatic carbocycles. The molecule has 0 aromatic rings. The first-order valence-electron chi connectivity index (χ1n) is 6.70.